The summed E-state index contributed by atoms with van der Waals surface area (Å²) in [5, 5.41) is 1.86. The lowest BCUT2D eigenvalue weighted by Gasteiger charge is -2.22. The minimum absolute atomic E-state index is 0.110. The number of benzene rings is 1. The van der Waals surface area contributed by atoms with E-state index in [9.17, 15) is 4.79 Å². The van der Waals surface area contributed by atoms with E-state index < -0.39 is 0 Å². The number of hydrogen-bond acceptors (Lipinski definition) is 5. The number of furan rings is 1. The van der Waals surface area contributed by atoms with Gasteiger partial charge in [0.05, 0.1) is 23.9 Å². The van der Waals surface area contributed by atoms with E-state index in [0.717, 1.165) is 45.2 Å². The molecule has 0 N–H and O–H groups in total. The minimum atomic E-state index is 0.110. The van der Waals surface area contributed by atoms with E-state index in [-0.39, 0.29) is 11.9 Å². The van der Waals surface area contributed by atoms with Crippen LogP contribution in [0.1, 0.15) is 29.5 Å². The fourth-order valence-electron chi connectivity index (χ4n) is 4.44. The van der Waals surface area contributed by atoms with Gasteiger partial charge in [0.25, 0.3) is 0 Å². The summed E-state index contributed by atoms with van der Waals surface area (Å²) >= 11 is 1.49. The molecule has 4 heterocycles. The highest BCUT2D eigenvalue weighted by atomic mass is 32.2. The van der Waals surface area contributed by atoms with E-state index in [2.05, 4.69) is 41.4 Å². The average Bonchev–Trinajstić information content (AvgIpc) is 3.46. The van der Waals surface area contributed by atoms with Crippen LogP contribution in [-0.4, -0.2) is 32.2 Å². The number of carbonyl (C=O) groups excluding carboxylic acids is 1. The van der Waals surface area contributed by atoms with Gasteiger partial charge in [-0.15, -0.1) is 0 Å². The van der Waals surface area contributed by atoms with E-state index in [1.165, 1.54) is 17.3 Å². The molecule has 0 bridgehead atoms. The van der Waals surface area contributed by atoms with E-state index in [4.69, 9.17) is 4.42 Å². The molecule has 5 rings (SSSR count). The van der Waals surface area contributed by atoms with E-state index in [1.54, 1.807) is 12.6 Å². The van der Waals surface area contributed by atoms with Crippen LogP contribution in [0.5, 0.6) is 0 Å². The molecule has 0 radical (unpaired) electrons. The number of aryl methyl sites for hydroxylation is 1. The zero-order valence-electron chi connectivity index (χ0n) is 17.8. The molecule has 4 aromatic rings. The van der Waals surface area contributed by atoms with Gasteiger partial charge >= 0.3 is 0 Å². The smallest absolute Gasteiger partial charge is 0.237 e. The second-order valence-corrected chi connectivity index (χ2v) is 8.95. The Kier molecular flexibility index (Phi) is 5.06. The first-order chi connectivity index (χ1) is 15.0. The summed E-state index contributed by atoms with van der Waals surface area (Å²) in [6, 6.07) is 12.2. The summed E-state index contributed by atoms with van der Waals surface area (Å²) in [4.78, 5) is 24.1. The van der Waals surface area contributed by atoms with Gasteiger partial charge in [0.15, 0.2) is 0 Å². The molecule has 7 heteroatoms. The standard InChI is InChI=1S/C24H24N4O2S/c1-15-11-18-7-4-5-9-20(18)28(15)21(29)13-31-24-22-16(2)17(3)27(23(22)25-14-26-24)12-19-8-6-10-30-19/h4-10,14-15H,11-13H2,1-3H3. The molecule has 0 fully saturated rings. The third-order valence-electron chi connectivity index (χ3n) is 6.07. The Morgan fingerprint density at radius 1 is 1.19 bits per heavy atom. The molecule has 6 nitrogen and oxygen atoms in total. The lowest BCUT2D eigenvalue weighted by Crippen LogP contribution is -2.37. The number of fused-ring (bicyclic) bond motifs is 2. The quantitative estimate of drug-likeness (QED) is 0.336. The number of hydrogen-bond donors (Lipinski definition) is 0. The van der Waals surface area contributed by atoms with Crippen LogP contribution in [0, 0.1) is 13.8 Å². The normalized spacial score (nSPS) is 15.6. The van der Waals surface area contributed by atoms with Gasteiger partial charge in [0.2, 0.25) is 5.91 Å². The van der Waals surface area contributed by atoms with Crippen LogP contribution in [-0.2, 0) is 17.8 Å². The van der Waals surface area contributed by atoms with Gasteiger partial charge < -0.3 is 13.9 Å². The summed E-state index contributed by atoms with van der Waals surface area (Å²) in [6.07, 6.45) is 4.17. The van der Waals surface area contributed by atoms with Crippen LogP contribution < -0.4 is 4.90 Å². The van der Waals surface area contributed by atoms with Crippen molar-refractivity contribution in [3.63, 3.8) is 0 Å². The average molecular weight is 433 g/mol. The number of para-hydroxylation sites is 1. The molecule has 31 heavy (non-hydrogen) atoms. The van der Waals surface area contributed by atoms with Crippen molar-refractivity contribution in [2.75, 3.05) is 10.7 Å². The van der Waals surface area contributed by atoms with Crippen molar-refractivity contribution in [3.05, 3.63) is 71.6 Å². The third kappa shape index (κ3) is 3.43. The predicted molar refractivity (Wildman–Crippen MR) is 123 cm³/mol. The molecule has 0 saturated heterocycles. The van der Waals surface area contributed by atoms with Gasteiger partial charge in [-0.1, -0.05) is 30.0 Å². The number of nitrogens with zero attached hydrogens (tertiary/aromatic N) is 4. The molecular formula is C24H24N4O2S. The van der Waals surface area contributed by atoms with Crippen LogP contribution in [0.2, 0.25) is 0 Å². The number of rotatable bonds is 5. The highest BCUT2D eigenvalue weighted by Gasteiger charge is 2.30. The molecule has 0 aliphatic carbocycles. The van der Waals surface area contributed by atoms with Crippen molar-refractivity contribution >= 4 is 34.4 Å². The largest absolute Gasteiger partial charge is 0.467 e. The number of aromatic nitrogens is 3. The summed E-state index contributed by atoms with van der Waals surface area (Å²) in [6.45, 7) is 6.89. The Hall–Kier alpha value is -3.06. The van der Waals surface area contributed by atoms with E-state index in [1.807, 2.05) is 35.2 Å². The maximum Gasteiger partial charge on any atom is 0.237 e. The Balaban J connectivity index is 1.42. The van der Waals surface area contributed by atoms with Gasteiger partial charge in [-0.3, -0.25) is 4.79 Å². The van der Waals surface area contributed by atoms with Crippen molar-refractivity contribution in [2.24, 2.45) is 0 Å². The van der Waals surface area contributed by atoms with Crippen LogP contribution >= 0.6 is 11.8 Å². The van der Waals surface area contributed by atoms with Gasteiger partial charge in [-0.2, -0.15) is 0 Å². The van der Waals surface area contributed by atoms with E-state index >= 15 is 0 Å². The van der Waals surface area contributed by atoms with Crippen LogP contribution in [0.3, 0.4) is 0 Å². The molecule has 1 aliphatic rings. The summed E-state index contributed by atoms with van der Waals surface area (Å²) < 4.78 is 7.68. The molecule has 1 aliphatic heterocycles. The predicted octanol–water partition coefficient (Wildman–Crippen LogP) is 4.76. The first-order valence-corrected chi connectivity index (χ1v) is 11.4. The van der Waals surface area contributed by atoms with Gasteiger partial charge in [0, 0.05) is 17.4 Å². The number of amides is 1. The lowest BCUT2D eigenvalue weighted by atomic mass is 10.1. The lowest BCUT2D eigenvalue weighted by molar-refractivity contribution is -0.116. The van der Waals surface area contributed by atoms with Gasteiger partial charge in [-0.05, 0) is 56.5 Å². The SMILES string of the molecule is Cc1c(C)n(Cc2ccco2)c2ncnc(SCC(=O)N3c4ccccc4CC3C)c12. The molecule has 1 atom stereocenters. The maximum atomic E-state index is 13.1. The van der Waals surface area contributed by atoms with E-state index in [0.29, 0.717) is 12.3 Å². The second kappa shape index (κ2) is 7.89. The fourth-order valence-corrected chi connectivity index (χ4v) is 5.35. The number of anilines is 1. The van der Waals surface area contributed by atoms with Gasteiger partial charge in [0.1, 0.15) is 22.8 Å². The molecule has 0 spiro atoms. The Bertz CT molecular complexity index is 1260. The monoisotopic (exact) mass is 432 g/mol. The zero-order chi connectivity index (χ0) is 21.5. The van der Waals surface area contributed by atoms with Crippen molar-refractivity contribution in [3.8, 4) is 0 Å². The highest BCUT2D eigenvalue weighted by molar-refractivity contribution is 8.00. The van der Waals surface area contributed by atoms with Crippen molar-refractivity contribution in [2.45, 2.75) is 44.8 Å². The topological polar surface area (TPSA) is 64.2 Å². The molecular weight excluding hydrogens is 408 g/mol. The molecule has 158 valence electrons. The summed E-state index contributed by atoms with van der Waals surface area (Å²) in [7, 11) is 0. The first-order valence-electron chi connectivity index (χ1n) is 10.4. The molecule has 1 aromatic carbocycles. The van der Waals surface area contributed by atoms with Crippen LogP contribution in [0.25, 0.3) is 11.0 Å². The Labute approximate surface area is 185 Å². The molecule has 0 saturated carbocycles. The Morgan fingerprint density at radius 2 is 2.03 bits per heavy atom. The number of carbonyl (C=O) groups is 1. The highest BCUT2D eigenvalue weighted by Crippen LogP contribution is 2.35. The fraction of sp³-hybridized carbons (Fsp3) is 0.292. The number of thioether (sulfide) groups is 1. The summed E-state index contributed by atoms with van der Waals surface area (Å²) in [5.74, 6) is 1.33. The van der Waals surface area contributed by atoms with Gasteiger partial charge in [-0.25, -0.2) is 9.97 Å². The van der Waals surface area contributed by atoms with Crippen LogP contribution in [0.4, 0.5) is 5.69 Å². The molecule has 3 aromatic heterocycles. The zero-order valence-corrected chi connectivity index (χ0v) is 18.6. The van der Waals surface area contributed by atoms with Crippen molar-refractivity contribution in [1.82, 2.24) is 14.5 Å². The van der Waals surface area contributed by atoms with Crippen molar-refractivity contribution < 1.29 is 9.21 Å². The van der Waals surface area contributed by atoms with Crippen molar-refractivity contribution in [1.29, 1.82) is 0 Å². The summed E-state index contributed by atoms with van der Waals surface area (Å²) in [5.41, 5.74) is 5.40. The van der Waals surface area contributed by atoms with Crippen LogP contribution in [0.15, 0.2) is 58.4 Å². The third-order valence-corrected chi connectivity index (χ3v) is 7.05. The molecule has 1 unspecified atom stereocenters. The maximum absolute atomic E-state index is 13.1. The second-order valence-electron chi connectivity index (χ2n) is 7.99. The molecule has 1 amide bonds. The minimum Gasteiger partial charge on any atom is -0.467 e. The Morgan fingerprint density at radius 3 is 2.84 bits per heavy atom. The first kappa shape index (κ1) is 19.9.